The molecule has 0 radical (unpaired) electrons. The summed E-state index contributed by atoms with van der Waals surface area (Å²) in [5.74, 6) is 1.91. The normalized spacial score (nSPS) is 11.2. The van der Waals surface area contributed by atoms with Crippen LogP contribution in [0.4, 0.5) is 0 Å². The van der Waals surface area contributed by atoms with E-state index in [1.165, 1.54) is 0 Å². The Kier molecular flexibility index (Phi) is 6.02. The second-order valence-electron chi connectivity index (χ2n) is 8.16. The van der Waals surface area contributed by atoms with Gasteiger partial charge in [0.05, 0.1) is 0 Å². The molecule has 2 N–H and O–H groups in total. The minimum Gasteiger partial charge on any atom is -0.310 e. The Bertz CT molecular complexity index is 1210. The van der Waals surface area contributed by atoms with E-state index >= 15 is 0 Å². The maximum Gasteiger partial charge on any atom is 0.254 e. The Labute approximate surface area is 181 Å². The number of hydrogen-bond acceptors (Lipinski definition) is 5. The number of nitrogens with one attached hydrogen (secondary N) is 2. The highest BCUT2D eigenvalue weighted by Gasteiger charge is 2.12. The highest BCUT2D eigenvalue weighted by molar-refractivity contribution is 5.80. The van der Waals surface area contributed by atoms with Crippen molar-refractivity contribution in [2.75, 3.05) is 0 Å². The number of aryl methyl sites for hydroxylation is 2. The van der Waals surface area contributed by atoms with Crippen molar-refractivity contribution in [3.63, 3.8) is 0 Å². The molecule has 4 aromatic rings. The molecule has 0 aliphatic rings. The van der Waals surface area contributed by atoms with Crippen LogP contribution in [-0.4, -0.2) is 30.6 Å². The van der Waals surface area contributed by atoms with Crippen LogP contribution in [0.5, 0.6) is 0 Å². The van der Waals surface area contributed by atoms with Crippen molar-refractivity contribution in [2.24, 2.45) is 5.92 Å². The fourth-order valence-corrected chi connectivity index (χ4v) is 3.63. The second kappa shape index (κ2) is 9.04. The molecule has 0 saturated carbocycles. The molecule has 158 valence electrons. The Morgan fingerprint density at radius 2 is 1.74 bits per heavy atom. The van der Waals surface area contributed by atoms with Crippen molar-refractivity contribution in [1.29, 1.82) is 0 Å². The quantitative estimate of drug-likeness (QED) is 0.474. The standard InChI is InChI=1S/C24H26N6O/c1-15(2)8-13-22-25-16(3)21(24(31)26-22)14-17-9-11-18(12-10-17)19-6-4-5-7-20(19)23-27-29-30-28-23/h4-7,9-12,15H,8,13-14H2,1-3H3,(H,25,26,31)(H,27,28,29,30). The number of H-pyrrole nitrogens is 2. The number of rotatable bonds is 7. The van der Waals surface area contributed by atoms with Gasteiger partial charge in [0.25, 0.3) is 5.56 Å². The van der Waals surface area contributed by atoms with Gasteiger partial charge in [-0.25, -0.2) is 4.98 Å². The maximum absolute atomic E-state index is 12.7. The number of aromatic amines is 2. The minimum absolute atomic E-state index is 0.0437. The van der Waals surface area contributed by atoms with E-state index < -0.39 is 0 Å². The first kappa shape index (κ1) is 20.7. The largest absolute Gasteiger partial charge is 0.310 e. The molecule has 0 aliphatic heterocycles. The van der Waals surface area contributed by atoms with E-state index in [9.17, 15) is 4.79 Å². The molecule has 0 aliphatic carbocycles. The van der Waals surface area contributed by atoms with Crippen molar-refractivity contribution >= 4 is 0 Å². The van der Waals surface area contributed by atoms with Crippen LogP contribution in [0, 0.1) is 12.8 Å². The number of benzene rings is 2. The summed E-state index contributed by atoms with van der Waals surface area (Å²) in [5, 5.41) is 14.4. The third kappa shape index (κ3) is 4.77. The lowest BCUT2D eigenvalue weighted by Gasteiger charge is -2.10. The fraction of sp³-hybridized carbons (Fsp3) is 0.292. The smallest absolute Gasteiger partial charge is 0.254 e. The van der Waals surface area contributed by atoms with Crippen LogP contribution in [0.3, 0.4) is 0 Å². The zero-order chi connectivity index (χ0) is 21.8. The number of nitrogens with zero attached hydrogens (tertiary/aromatic N) is 4. The molecule has 0 unspecified atom stereocenters. The van der Waals surface area contributed by atoms with E-state index in [-0.39, 0.29) is 5.56 Å². The summed E-state index contributed by atoms with van der Waals surface area (Å²) in [4.78, 5) is 20.2. The second-order valence-corrected chi connectivity index (χ2v) is 8.16. The van der Waals surface area contributed by atoms with E-state index in [4.69, 9.17) is 0 Å². The lowest BCUT2D eigenvalue weighted by atomic mass is 9.97. The summed E-state index contributed by atoms with van der Waals surface area (Å²) >= 11 is 0. The van der Waals surface area contributed by atoms with Gasteiger partial charge >= 0.3 is 0 Å². The molecular formula is C24H26N6O. The predicted molar refractivity (Wildman–Crippen MR) is 121 cm³/mol. The Hall–Kier alpha value is -3.61. The zero-order valence-corrected chi connectivity index (χ0v) is 18.0. The molecule has 0 fully saturated rings. The van der Waals surface area contributed by atoms with Gasteiger partial charge in [0.1, 0.15) is 5.82 Å². The van der Waals surface area contributed by atoms with Gasteiger partial charge in [-0.15, -0.1) is 10.2 Å². The van der Waals surface area contributed by atoms with Crippen LogP contribution in [0.15, 0.2) is 53.3 Å². The van der Waals surface area contributed by atoms with Gasteiger partial charge in [0.2, 0.25) is 5.82 Å². The number of hydrogen-bond donors (Lipinski definition) is 2. The van der Waals surface area contributed by atoms with Crippen LogP contribution in [-0.2, 0) is 12.8 Å². The van der Waals surface area contributed by atoms with E-state index in [1.54, 1.807) is 0 Å². The molecule has 2 aromatic heterocycles. The third-order valence-corrected chi connectivity index (χ3v) is 5.39. The highest BCUT2D eigenvalue weighted by Crippen LogP contribution is 2.29. The van der Waals surface area contributed by atoms with Crippen LogP contribution in [0.25, 0.3) is 22.5 Å². The van der Waals surface area contributed by atoms with Gasteiger partial charge in [-0.2, -0.15) is 5.21 Å². The fourth-order valence-electron chi connectivity index (χ4n) is 3.63. The van der Waals surface area contributed by atoms with Gasteiger partial charge in [-0.1, -0.05) is 62.4 Å². The molecule has 0 atom stereocenters. The minimum atomic E-state index is -0.0437. The SMILES string of the molecule is Cc1nc(CCC(C)C)[nH]c(=O)c1Cc1ccc(-c2ccccc2-c2nn[nH]n2)cc1. The van der Waals surface area contributed by atoms with Crippen LogP contribution < -0.4 is 5.56 Å². The Morgan fingerprint density at radius 1 is 1.00 bits per heavy atom. The molecule has 4 rings (SSSR count). The average molecular weight is 415 g/mol. The Morgan fingerprint density at radius 3 is 2.39 bits per heavy atom. The van der Waals surface area contributed by atoms with E-state index in [0.29, 0.717) is 23.7 Å². The average Bonchev–Trinajstić information content (AvgIpc) is 3.30. The molecule has 7 heteroatoms. The third-order valence-electron chi connectivity index (χ3n) is 5.39. The molecule has 7 nitrogen and oxygen atoms in total. The summed E-state index contributed by atoms with van der Waals surface area (Å²) in [6.07, 6.45) is 2.35. The van der Waals surface area contributed by atoms with Gasteiger partial charge < -0.3 is 4.98 Å². The molecule has 2 aromatic carbocycles. The summed E-state index contributed by atoms with van der Waals surface area (Å²) in [6, 6.07) is 16.2. The molecule has 0 bridgehead atoms. The molecule has 2 heterocycles. The van der Waals surface area contributed by atoms with Crippen molar-refractivity contribution < 1.29 is 0 Å². The lowest BCUT2D eigenvalue weighted by molar-refractivity contribution is 0.572. The highest BCUT2D eigenvalue weighted by atomic mass is 16.1. The van der Waals surface area contributed by atoms with E-state index in [1.807, 2.05) is 43.3 Å². The first-order valence-electron chi connectivity index (χ1n) is 10.5. The maximum atomic E-state index is 12.7. The van der Waals surface area contributed by atoms with E-state index in [0.717, 1.165) is 46.6 Å². The molecule has 0 spiro atoms. The summed E-state index contributed by atoms with van der Waals surface area (Å²) in [6.45, 7) is 6.26. The van der Waals surface area contributed by atoms with Gasteiger partial charge in [0, 0.05) is 29.7 Å². The topological polar surface area (TPSA) is 100 Å². The first-order chi connectivity index (χ1) is 15.0. The van der Waals surface area contributed by atoms with Gasteiger partial charge in [-0.3, -0.25) is 4.79 Å². The summed E-state index contributed by atoms with van der Waals surface area (Å²) in [5.41, 5.74) is 5.53. The molecule has 0 amide bonds. The zero-order valence-electron chi connectivity index (χ0n) is 18.0. The molecular weight excluding hydrogens is 388 g/mol. The van der Waals surface area contributed by atoms with E-state index in [2.05, 4.69) is 56.6 Å². The van der Waals surface area contributed by atoms with Gasteiger partial charge in [0.15, 0.2) is 0 Å². The Balaban J connectivity index is 1.56. The monoisotopic (exact) mass is 414 g/mol. The van der Waals surface area contributed by atoms with Crippen LogP contribution in [0.1, 0.15) is 42.9 Å². The van der Waals surface area contributed by atoms with Crippen molar-refractivity contribution in [2.45, 2.75) is 40.0 Å². The predicted octanol–water partition coefficient (Wildman–Crippen LogP) is 4.10. The first-order valence-corrected chi connectivity index (χ1v) is 10.5. The molecule has 31 heavy (non-hydrogen) atoms. The van der Waals surface area contributed by atoms with Gasteiger partial charge in [-0.05, 0) is 41.2 Å². The van der Waals surface area contributed by atoms with Crippen molar-refractivity contribution in [3.8, 4) is 22.5 Å². The van der Waals surface area contributed by atoms with Crippen LogP contribution >= 0.6 is 0 Å². The number of aromatic nitrogens is 6. The van der Waals surface area contributed by atoms with Crippen molar-refractivity contribution in [1.82, 2.24) is 30.6 Å². The molecule has 0 saturated heterocycles. The number of tetrazole rings is 1. The lowest BCUT2D eigenvalue weighted by Crippen LogP contribution is -2.19. The van der Waals surface area contributed by atoms with Crippen molar-refractivity contribution in [3.05, 3.63) is 81.5 Å². The summed E-state index contributed by atoms with van der Waals surface area (Å²) < 4.78 is 0. The summed E-state index contributed by atoms with van der Waals surface area (Å²) in [7, 11) is 0. The van der Waals surface area contributed by atoms with Crippen LogP contribution in [0.2, 0.25) is 0 Å².